The van der Waals surface area contributed by atoms with Gasteiger partial charge in [-0.25, -0.2) is 8.42 Å². The Morgan fingerprint density at radius 3 is 2.17 bits per heavy atom. The molecule has 4 nitrogen and oxygen atoms in total. The van der Waals surface area contributed by atoms with Gasteiger partial charge in [-0.2, -0.15) is 0 Å². The Labute approximate surface area is 162 Å². The van der Waals surface area contributed by atoms with Crippen molar-refractivity contribution in [2.75, 3.05) is 10.8 Å². The van der Waals surface area contributed by atoms with Gasteiger partial charge in [0, 0.05) is 3.57 Å². The minimum Gasteiger partial charge on any atom is -0.279 e. The zero-order chi connectivity index (χ0) is 17.2. The number of rotatable bonds is 5. The van der Waals surface area contributed by atoms with Crippen molar-refractivity contribution in [3.63, 3.8) is 0 Å². The van der Waals surface area contributed by atoms with Crippen molar-refractivity contribution in [3.8, 4) is 0 Å². The highest BCUT2D eigenvalue weighted by molar-refractivity contribution is 14.1. The highest BCUT2D eigenvalue weighted by atomic mass is 127. The predicted octanol–water partition coefficient (Wildman–Crippen LogP) is 4.56. The van der Waals surface area contributed by atoms with E-state index in [0.29, 0.717) is 5.69 Å². The van der Waals surface area contributed by atoms with E-state index in [2.05, 4.69) is 22.6 Å². The fraction of sp³-hybridized carbons (Fsp3) is 0.0714. The van der Waals surface area contributed by atoms with Gasteiger partial charge in [0.1, 0.15) is 6.54 Å². The van der Waals surface area contributed by atoms with Crippen molar-refractivity contribution in [2.45, 2.75) is 4.90 Å². The zero-order valence-corrected chi connectivity index (χ0v) is 16.6. The fourth-order valence-corrected chi connectivity index (χ4v) is 4.16. The molecule has 0 spiro atoms. The van der Waals surface area contributed by atoms with Gasteiger partial charge in [0.05, 0.1) is 20.6 Å². The highest BCUT2D eigenvalue weighted by Gasteiger charge is 2.27. The van der Waals surface area contributed by atoms with Gasteiger partial charge in [-0.1, -0.05) is 23.2 Å². The van der Waals surface area contributed by atoms with Crippen LogP contribution in [0.5, 0.6) is 0 Å². The van der Waals surface area contributed by atoms with Crippen LogP contribution in [0.2, 0.25) is 10.0 Å². The fourth-order valence-electron chi connectivity index (χ4n) is 1.80. The number of benzene rings is 2. The van der Waals surface area contributed by atoms with Gasteiger partial charge in [-0.05, 0) is 76.7 Å². The SMILES string of the molecule is O=C(Cl)CN(c1ccc(I)cc1)S(=O)(=O)c1ccc(Cl)c(Cl)c1. The number of carbonyl (C=O) groups excluding carboxylic acids is 1. The molecule has 0 fully saturated rings. The van der Waals surface area contributed by atoms with E-state index in [1.165, 1.54) is 18.2 Å². The van der Waals surface area contributed by atoms with Crippen molar-refractivity contribution in [1.82, 2.24) is 0 Å². The van der Waals surface area contributed by atoms with E-state index >= 15 is 0 Å². The second kappa shape index (κ2) is 7.57. The third-order valence-electron chi connectivity index (χ3n) is 2.86. The summed E-state index contributed by atoms with van der Waals surface area (Å²) in [5.41, 5.74) is 0.325. The number of halogens is 4. The van der Waals surface area contributed by atoms with Crippen LogP contribution in [0, 0.1) is 3.57 Å². The molecule has 0 heterocycles. The van der Waals surface area contributed by atoms with E-state index in [4.69, 9.17) is 34.8 Å². The van der Waals surface area contributed by atoms with Crippen molar-refractivity contribution in [1.29, 1.82) is 0 Å². The van der Waals surface area contributed by atoms with Crippen LogP contribution in [0.3, 0.4) is 0 Å². The molecule has 0 aliphatic heterocycles. The summed E-state index contributed by atoms with van der Waals surface area (Å²) < 4.78 is 27.5. The maximum Gasteiger partial charge on any atom is 0.264 e. The Kier molecular flexibility index (Phi) is 6.18. The molecule has 0 aliphatic rings. The summed E-state index contributed by atoms with van der Waals surface area (Å²) in [5.74, 6) is 0. The zero-order valence-electron chi connectivity index (χ0n) is 11.3. The molecule has 0 saturated carbocycles. The van der Waals surface area contributed by atoms with Crippen molar-refractivity contribution in [3.05, 3.63) is 56.1 Å². The average Bonchev–Trinajstić information content (AvgIpc) is 2.48. The molecule has 2 aromatic rings. The van der Waals surface area contributed by atoms with Crippen LogP contribution in [0.25, 0.3) is 0 Å². The van der Waals surface area contributed by atoms with Gasteiger partial charge in [0.2, 0.25) is 5.24 Å². The lowest BCUT2D eigenvalue weighted by Gasteiger charge is -2.23. The Balaban J connectivity index is 2.54. The van der Waals surface area contributed by atoms with Crippen LogP contribution < -0.4 is 4.31 Å². The van der Waals surface area contributed by atoms with Crippen molar-refractivity contribution >= 4 is 78.3 Å². The lowest BCUT2D eigenvalue weighted by Crippen LogP contribution is -2.34. The average molecular weight is 505 g/mol. The molecular weight excluding hydrogens is 495 g/mol. The Morgan fingerprint density at radius 1 is 1.04 bits per heavy atom. The molecule has 0 aliphatic carbocycles. The third kappa shape index (κ3) is 4.51. The summed E-state index contributed by atoms with van der Waals surface area (Å²) in [6.45, 7) is -0.495. The van der Waals surface area contributed by atoms with E-state index in [-0.39, 0.29) is 14.9 Å². The van der Waals surface area contributed by atoms with Crippen LogP contribution in [0.1, 0.15) is 0 Å². The number of carbonyl (C=O) groups is 1. The van der Waals surface area contributed by atoms with Crippen LogP contribution in [-0.2, 0) is 14.8 Å². The first-order chi connectivity index (χ1) is 10.7. The number of anilines is 1. The first-order valence-corrected chi connectivity index (χ1v) is 9.79. The van der Waals surface area contributed by atoms with Gasteiger partial charge < -0.3 is 0 Å². The Hall–Kier alpha value is -0.540. The van der Waals surface area contributed by atoms with Crippen molar-refractivity contribution < 1.29 is 13.2 Å². The van der Waals surface area contributed by atoms with Crippen molar-refractivity contribution in [2.24, 2.45) is 0 Å². The van der Waals surface area contributed by atoms with E-state index in [1.54, 1.807) is 24.3 Å². The highest BCUT2D eigenvalue weighted by Crippen LogP contribution is 2.29. The summed E-state index contributed by atoms with van der Waals surface area (Å²) in [5, 5.41) is -0.459. The molecule has 0 radical (unpaired) electrons. The summed E-state index contributed by atoms with van der Waals surface area (Å²) >= 11 is 19.2. The predicted molar refractivity (Wildman–Crippen MR) is 101 cm³/mol. The maximum atomic E-state index is 12.8. The Morgan fingerprint density at radius 2 is 1.65 bits per heavy atom. The first kappa shape index (κ1) is 18.8. The van der Waals surface area contributed by atoms with Crippen LogP contribution in [0.15, 0.2) is 47.4 Å². The molecule has 0 N–H and O–H groups in total. The second-order valence-corrected chi connectivity index (χ2v) is 8.76. The Bertz CT molecular complexity index is 841. The molecule has 2 aromatic carbocycles. The van der Waals surface area contributed by atoms with Crippen LogP contribution in [0.4, 0.5) is 5.69 Å². The molecule has 0 amide bonds. The number of sulfonamides is 1. The van der Waals surface area contributed by atoms with Gasteiger partial charge in [-0.3, -0.25) is 9.10 Å². The number of hydrogen-bond acceptors (Lipinski definition) is 3. The number of nitrogens with zero attached hydrogens (tertiary/aromatic N) is 1. The first-order valence-electron chi connectivity index (χ1n) is 6.13. The topological polar surface area (TPSA) is 54.5 Å². The minimum atomic E-state index is -4.02. The summed E-state index contributed by atoms with van der Waals surface area (Å²) in [7, 11) is -4.02. The second-order valence-electron chi connectivity index (χ2n) is 4.42. The quantitative estimate of drug-likeness (QED) is 0.443. The normalized spacial score (nSPS) is 11.3. The lowest BCUT2D eigenvalue weighted by molar-refractivity contribution is -0.110. The van der Waals surface area contributed by atoms with E-state index < -0.39 is 21.8 Å². The summed E-state index contributed by atoms with van der Waals surface area (Å²) in [6.07, 6.45) is 0. The van der Waals surface area contributed by atoms with Crippen LogP contribution in [-0.4, -0.2) is 20.2 Å². The van der Waals surface area contributed by atoms with E-state index in [1.807, 2.05) is 0 Å². The largest absolute Gasteiger partial charge is 0.279 e. The molecule has 2 rings (SSSR count). The summed E-state index contributed by atoms with van der Waals surface area (Å²) in [4.78, 5) is 11.2. The van der Waals surface area contributed by atoms with E-state index in [0.717, 1.165) is 7.88 Å². The maximum absolute atomic E-state index is 12.8. The van der Waals surface area contributed by atoms with Gasteiger partial charge in [-0.15, -0.1) is 0 Å². The molecule has 0 atom stereocenters. The molecule has 9 heteroatoms. The monoisotopic (exact) mass is 503 g/mol. The smallest absolute Gasteiger partial charge is 0.264 e. The number of hydrogen-bond donors (Lipinski definition) is 0. The molecule has 0 saturated heterocycles. The van der Waals surface area contributed by atoms with Gasteiger partial charge in [0.25, 0.3) is 10.0 Å². The van der Waals surface area contributed by atoms with Gasteiger partial charge in [0.15, 0.2) is 0 Å². The molecule has 0 bridgehead atoms. The molecule has 23 heavy (non-hydrogen) atoms. The minimum absolute atomic E-state index is 0.0802. The third-order valence-corrected chi connectivity index (χ3v) is 6.21. The summed E-state index contributed by atoms with van der Waals surface area (Å²) in [6, 6.07) is 10.6. The van der Waals surface area contributed by atoms with Gasteiger partial charge >= 0.3 is 0 Å². The van der Waals surface area contributed by atoms with E-state index in [9.17, 15) is 13.2 Å². The standard InChI is InChI=1S/C14H9Cl3INO3S/c15-12-6-5-11(7-13(12)16)23(21,22)19(8-14(17)20)10-3-1-9(18)2-4-10/h1-7H,8H2. The molecule has 0 unspecified atom stereocenters. The lowest BCUT2D eigenvalue weighted by atomic mass is 10.3. The molecular formula is C14H9Cl3INO3S. The molecule has 0 aromatic heterocycles. The molecule has 122 valence electrons. The van der Waals surface area contributed by atoms with Crippen LogP contribution >= 0.6 is 57.4 Å².